The highest BCUT2D eigenvalue weighted by Crippen LogP contribution is 2.14. The maximum absolute atomic E-state index is 8.06. The number of anilines is 1. The lowest BCUT2D eigenvalue weighted by Crippen LogP contribution is -2.07. The molecule has 1 heterocycles. The Morgan fingerprint density at radius 3 is 2.70 bits per heavy atom. The molecule has 0 unspecified atom stereocenters. The zero-order valence-corrected chi connectivity index (χ0v) is 15.5. The predicted molar refractivity (Wildman–Crippen MR) is 108 cm³/mol. The third-order valence-electron chi connectivity index (χ3n) is 4.10. The summed E-state index contributed by atoms with van der Waals surface area (Å²) in [7, 11) is 1.65. The molecule has 2 aromatic carbocycles. The number of methoxy groups -OCH3 is 1. The van der Waals surface area contributed by atoms with Gasteiger partial charge in [-0.15, -0.1) is 10.2 Å². The highest BCUT2D eigenvalue weighted by Gasteiger charge is 2.03. The van der Waals surface area contributed by atoms with Crippen LogP contribution in [0.5, 0.6) is 5.75 Å². The first-order valence-corrected chi connectivity index (χ1v) is 8.83. The number of hydrogen-bond acceptors (Lipinski definition) is 4. The number of benzene rings is 2. The van der Waals surface area contributed by atoms with Gasteiger partial charge in [0.1, 0.15) is 17.4 Å². The molecule has 3 aromatic rings. The van der Waals surface area contributed by atoms with Crippen LogP contribution in [0, 0.1) is 5.41 Å². The summed E-state index contributed by atoms with van der Waals surface area (Å²) in [6.45, 7) is 2.11. The van der Waals surface area contributed by atoms with E-state index >= 15 is 0 Å². The summed E-state index contributed by atoms with van der Waals surface area (Å²) in [5, 5.41) is 19.4. The highest BCUT2D eigenvalue weighted by molar-refractivity contribution is 6.03. The molecule has 6 heteroatoms. The Hall–Kier alpha value is -3.41. The molecule has 0 saturated carbocycles. The summed E-state index contributed by atoms with van der Waals surface area (Å²) in [6, 6.07) is 15.9. The van der Waals surface area contributed by atoms with Crippen LogP contribution >= 0.6 is 0 Å². The van der Waals surface area contributed by atoms with Crippen molar-refractivity contribution in [2.24, 2.45) is 0 Å². The second-order valence-corrected chi connectivity index (χ2v) is 6.11. The third-order valence-corrected chi connectivity index (χ3v) is 4.10. The van der Waals surface area contributed by atoms with Crippen molar-refractivity contribution in [3.63, 3.8) is 0 Å². The first kappa shape index (κ1) is 18.4. The fourth-order valence-corrected chi connectivity index (χ4v) is 2.63. The Morgan fingerprint density at radius 1 is 1.15 bits per heavy atom. The molecule has 3 rings (SSSR count). The van der Waals surface area contributed by atoms with Crippen molar-refractivity contribution in [3.8, 4) is 5.75 Å². The minimum absolute atomic E-state index is 0.288. The fraction of sp³-hybridized carbons (Fsp3) is 0.190. The van der Waals surface area contributed by atoms with Crippen molar-refractivity contribution in [1.82, 2.24) is 15.2 Å². The van der Waals surface area contributed by atoms with Gasteiger partial charge in [0, 0.05) is 12.1 Å². The summed E-state index contributed by atoms with van der Waals surface area (Å²) >= 11 is 0. The van der Waals surface area contributed by atoms with Gasteiger partial charge >= 0.3 is 0 Å². The highest BCUT2D eigenvalue weighted by atomic mass is 16.5. The molecule has 0 aliphatic rings. The Bertz CT molecular complexity index is 928. The molecule has 6 nitrogen and oxygen atoms in total. The zero-order valence-electron chi connectivity index (χ0n) is 15.5. The molecule has 1 aromatic heterocycles. The maximum Gasteiger partial charge on any atom is 0.154 e. The lowest BCUT2D eigenvalue weighted by atomic mass is 10.1. The van der Waals surface area contributed by atoms with Gasteiger partial charge in [-0.25, -0.2) is 0 Å². The van der Waals surface area contributed by atoms with E-state index in [9.17, 15) is 0 Å². The second-order valence-electron chi connectivity index (χ2n) is 6.11. The normalized spacial score (nSPS) is 10.9. The lowest BCUT2D eigenvalue weighted by molar-refractivity contribution is 0.414. The van der Waals surface area contributed by atoms with Crippen LogP contribution in [0.1, 0.15) is 29.7 Å². The van der Waals surface area contributed by atoms with E-state index in [4.69, 9.17) is 10.1 Å². The number of H-pyrrole nitrogens is 1. The first-order valence-electron chi connectivity index (χ1n) is 8.83. The number of rotatable bonds is 7. The van der Waals surface area contributed by atoms with Gasteiger partial charge < -0.3 is 15.0 Å². The number of nitrogens with one attached hydrogen (secondary N) is 3. The van der Waals surface area contributed by atoms with Gasteiger partial charge in [0.15, 0.2) is 5.82 Å². The molecular formula is C21H23N5O. The minimum atomic E-state index is 0.288. The van der Waals surface area contributed by atoms with Crippen LogP contribution in [0.3, 0.4) is 0 Å². The van der Waals surface area contributed by atoms with Crippen molar-refractivity contribution in [1.29, 1.82) is 5.41 Å². The van der Waals surface area contributed by atoms with Crippen LogP contribution in [-0.2, 0) is 12.8 Å². The number of ether oxygens (including phenoxy) is 1. The lowest BCUT2D eigenvalue weighted by Gasteiger charge is -2.05. The number of aromatic nitrogens is 3. The minimum Gasteiger partial charge on any atom is -0.497 e. The van der Waals surface area contributed by atoms with Gasteiger partial charge in [0.05, 0.1) is 7.11 Å². The SMILES string of the molecule is CCc1cccc(NC(=N)/C=C\c2nnc(Cc3ccc(OC)cc3)[nH]2)c1. The molecule has 0 atom stereocenters. The van der Waals surface area contributed by atoms with Crippen LogP contribution in [-0.4, -0.2) is 28.1 Å². The van der Waals surface area contributed by atoms with E-state index in [1.165, 1.54) is 5.56 Å². The molecule has 138 valence electrons. The largest absolute Gasteiger partial charge is 0.497 e. The van der Waals surface area contributed by atoms with Crippen molar-refractivity contribution in [2.75, 3.05) is 12.4 Å². The van der Waals surface area contributed by atoms with Crippen molar-refractivity contribution in [2.45, 2.75) is 19.8 Å². The van der Waals surface area contributed by atoms with E-state index in [2.05, 4.69) is 33.5 Å². The van der Waals surface area contributed by atoms with Gasteiger partial charge in [-0.1, -0.05) is 31.2 Å². The molecule has 0 bridgehead atoms. The van der Waals surface area contributed by atoms with E-state index in [0.717, 1.165) is 29.2 Å². The first-order chi connectivity index (χ1) is 13.2. The Balaban J connectivity index is 1.58. The Morgan fingerprint density at radius 2 is 1.96 bits per heavy atom. The van der Waals surface area contributed by atoms with E-state index in [0.29, 0.717) is 12.2 Å². The average molecular weight is 361 g/mol. The summed E-state index contributed by atoms with van der Waals surface area (Å²) in [5.41, 5.74) is 3.25. The number of nitrogens with zero attached hydrogens (tertiary/aromatic N) is 2. The smallest absolute Gasteiger partial charge is 0.154 e. The molecule has 0 saturated heterocycles. The van der Waals surface area contributed by atoms with Crippen LogP contribution in [0.4, 0.5) is 5.69 Å². The summed E-state index contributed by atoms with van der Waals surface area (Å²) < 4.78 is 5.16. The maximum atomic E-state index is 8.06. The standard InChI is InChI=1S/C21H23N5O/c1-3-15-5-4-6-17(13-15)23-19(22)11-12-20-24-21(26-25-20)14-16-7-9-18(27-2)10-8-16/h4-13H,3,14H2,1-2H3,(H2,22,23)(H,24,25,26)/b12-11-. The van der Waals surface area contributed by atoms with Crippen molar-refractivity contribution in [3.05, 3.63) is 77.4 Å². The molecule has 0 aliphatic carbocycles. The van der Waals surface area contributed by atoms with E-state index < -0.39 is 0 Å². The molecule has 0 amide bonds. The predicted octanol–water partition coefficient (Wildman–Crippen LogP) is 4.07. The van der Waals surface area contributed by atoms with Gasteiger partial charge in [-0.2, -0.15) is 0 Å². The molecular weight excluding hydrogens is 338 g/mol. The van der Waals surface area contributed by atoms with Gasteiger partial charge in [0.2, 0.25) is 0 Å². The number of hydrogen-bond donors (Lipinski definition) is 3. The number of amidine groups is 1. The summed E-state index contributed by atoms with van der Waals surface area (Å²) in [5.74, 6) is 2.51. The van der Waals surface area contributed by atoms with Gasteiger partial charge in [-0.3, -0.25) is 5.41 Å². The molecule has 0 spiro atoms. The molecule has 27 heavy (non-hydrogen) atoms. The van der Waals surface area contributed by atoms with E-state index in [1.54, 1.807) is 19.3 Å². The monoisotopic (exact) mass is 361 g/mol. The zero-order chi connectivity index (χ0) is 19.1. The molecule has 0 aliphatic heterocycles. The van der Waals surface area contributed by atoms with E-state index in [1.807, 2.05) is 42.5 Å². The van der Waals surface area contributed by atoms with Gasteiger partial charge in [0.25, 0.3) is 0 Å². The van der Waals surface area contributed by atoms with Crippen LogP contribution in [0.2, 0.25) is 0 Å². The van der Waals surface area contributed by atoms with Crippen molar-refractivity contribution >= 4 is 17.6 Å². The topological polar surface area (TPSA) is 86.7 Å². The summed E-state index contributed by atoms with van der Waals surface area (Å²) in [6.07, 6.45) is 5.03. The van der Waals surface area contributed by atoms with Crippen LogP contribution < -0.4 is 10.1 Å². The average Bonchev–Trinajstić information content (AvgIpc) is 3.14. The number of aromatic amines is 1. The van der Waals surface area contributed by atoms with Gasteiger partial charge in [-0.05, 0) is 54.0 Å². The van der Waals surface area contributed by atoms with E-state index in [-0.39, 0.29) is 5.84 Å². The fourth-order valence-electron chi connectivity index (χ4n) is 2.63. The molecule has 0 radical (unpaired) electrons. The van der Waals surface area contributed by atoms with Crippen molar-refractivity contribution < 1.29 is 4.74 Å². The second kappa shape index (κ2) is 8.80. The van der Waals surface area contributed by atoms with Crippen LogP contribution in [0.15, 0.2) is 54.6 Å². The molecule has 0 fully saturated rings. The quantitative estimate of drug-likeness (QED) is 0.437. The Labute approximate surface area is 158 Å². The molecule has 3 N–H and O–H groups in total. The van der Waals surface area contributed by atoms with Crippen LogP contribution in [0.25, 0.3) is 6.08 Å². The third kappa shape index (κ3) is 5.28. The summed E-state index contributed by atoms with van der Waals surface area (Å²) in [4.78, 5) is 3.16. The Kier molecular flexibility index (Phi) is 5.99. The number of aryl methyl sites for hydroxylation is 1.